The second-order valence-electron chi connectivity index (χ2n) is 4.58. The monoisotopic (exact) mass is 250 g/mol. The highest BCUT2D eigenvalue weighted by Crippen LogP contribution is 2.11. The van der Waals surface area contributed by atoms with Crippen molar-refractivity contribution in [2.45, 2.75) is 31.6 Å². The molecule has 96 valence electrons. The summed E-state index contributed by atoms with van der Waals surface area (Å²) in [6.45, 7) is 5.71. The summed E-state index contributed by atoms with van der Waals surface area (Å²) < 4.78 is 31.8. The molecule has 2 N–H and O–H groups in total. The van der Waals surface area contributed by atoms with Crippen molar-refractivity contribution in [3.8, 4) is 0 Å². The van der Waals surface area contributed by atoms with Crippen molar-refractivity contribution in [1.82, 2.24) is 10.0 Å². The molecule has 1 aliphatic rings. The minimum atomic E-state index is -3.22. The van der Waals surface area contributed by atoms with E-state index in [0.29, 0.717) is 19.6 Å². The predicted molar refractivity (Wildman–Crippen MR) is 63.8 cm³/mol. The Morgan fingerprint density at radius 3 is 2.62 bits per heavy atom. The second kappa shape index (κ2) is 5.95. The molecule has 0 amide bonds. The van der Waals surface area contributed by atoms with Gasteiger partial charge in [-0.3, -0.25) is 0 Å². The standard InChI is InChI=1S/C10H22N2O3S/c1-8(2)10(7-15-3)12-16(13,14)9-4-5-11-6-9/h8-12H,4-7H2,1-3H3. The van der Waals surface area contributed by atoms with Gasteiger partial charge in [-0.1, -0.05) is 13.8 Å². The quantitative estimate of drug-likeness (QED) is 0.693. The van der Waals surface area contributed by atoms with E-state index < -0.39 is 10.0 Å². The molecule has 5 nitrogen and oxygen atoms in total. The Hall–Kier alpha value is -0.170. The minimum Gasteiger partial charge on any atom is -0.383 e. The van der Waals surface area contributed by atoms with Crippen LogP contribution in [0, 0.1) is 5.92 Å². The highest BCUT2D eigenvalue weighted by molar-refractivity contribution is 7.90. The molecule has 1 saturated heterocycles. The van der Waals surface area contributed by atoms with Crippen molar-refractivity contribution in [2.24, 2.45) is 5.92 Å². The minimum absolute atomic E-state index is 0.143. The summed E-state index contributed by atoms with van der Waals surface area (Å²) in [6.07, 6.45) is 0.688. The molecule has 1 heterocycles. The molecule has 0 aromatic heterocycles. The molecule has 1 fully saturated rings. The van der Waals surface area contributed by atoms with Gasteiger partial charge in [-0.25, -0.2) is 13.1 Å². The van der Waals surface area contributed by atoms with Crippen molar-refractivity contribution < 1.29 is 13.2 Å². The SMILES string of the molecule is COCC(NS(=O)(=O)C1CCNC1)C(C)C. The highest BCUT2D eigenvalue weighted by atomic mass is 32.2. The fourth-order valence-electron chi connectivity index (χ4n) is 1.74. The average Bonchev–Trinajstić information content (AvgIpc) is 2.69. The van der Waals surface area contributed by atoms with E-state index in [1.54, 1.807) is 7.11 Å². The molecule has 1 aliphatic heterocycles. The average molecular weight is 250 g/mol. The maximum atomic E-state index is 12.0. The van der Waals surface area contributed by atoms with Crippen molar-refractivity contribution >= 4 is 10.0 Å². The summed E-state index contributed by atoms with van der Waals surface area (Å²) in [5.74, 6) is 0.226. The van der Waals surface area contributed by atoms with Crippen LogP contribution in [0.4, 0.5) is 0 Å². The molecule has 0 bridgehead atoms. The Kier molecular flexibility index (Phi) is 5.17. The molecule has 16 heavy (non-hydrogen) atoms. The lowest BCUT2D eigenvalue weighted by atomic mass is 10.1. The van der Waals surface area contributed by atoms with Gasteiger partial charge < -0.3 is 10.1 Å². The van der Waals surface area contributed by atoms with E-state index in [9.17, 15) is 8.42 Å². The smallest absolute Gasteiger partial charge is 0.216 e. The molecule has 6 heteroatoms. The van der Waals surface area contributed by atoms with Crippen molar-refractivity contribution in [3.05, 3.63) is 0 Å². The van der Waals surface area contributed by atoms with Crippen LogP contribution >= 0.6 is 0 Å². The van der Waals surface area contributed by atoms with Crippen LogP contribution in [0.5, 0.6) is 0 Å². The van der Waals surface area contributed by atoms with Crippen LogP contribution in [0.3, 0.4) is 0 Å². The van der Waals surface area contributed by atoms with Gasteiger partial charge in [-0.2, -0.15) is 0 Å². The zero-order chi connectivity index (χ0) is 12.2. The van der Waals surface area contributed by atoms with Crippen LogP contribution in [-0.4, -0.2) is 46.5 Å². The molecule has 0 aromatic carbocycles. The van der Waals surface area contributed by atoms with Gasteiger partial charge in [0.1, 0.15) is 0 Å². The molecule has 1 rings (SSSR count). The van der Waals surface area contributed by atoms with Crippen LogP contribution in [0.1, 0.15) is 20.3 Å². The maximum absolute atomic E-state index is 12.0. The summed E-state index contributed by atoms with van der Waals surface area (Å²) in [6, 6.07) is -0.143. The zero-order valence-electron chi connectivity index (χ0n) is 10.2. The lowest BCUT2D eigenvalue weighted by Crippen LogP contribution is -2.46. The Morgan fingerprint density at radius 2 is 2.19 bits per heavy atom. The molecule has 0 radical (unpaired) electrons. The van der Waals surface area contributed by atoms with Gasteiger partial charge in [-0.05, 0) is 18.9 Å². The van der Waals surface area contributed by atoms with E-state index in [4.69, 9.17) is 4.74 Å². The first-order chi connectivity index (χ1) is 7.47. The summed E-state index contributed by atoms with van der Waals surface area (Å²) in [4.78, 5) is 0. The van der Waals surface area contributed by atoms with Gasteiger partial charge in [0, 0.05) is 19.7 Å². The third-order valence-electron chi connectivity index (χ3n) is 2.92. The molecule has 2 unspecified atom stereocenters. The summed E-state index contributed by atoms with van der Waals surface area (Å²) in [5.41, 5.74) is 0. The van der Waals surface area contributed by atoms with Crippen molar-refractivity contribution in [2.75, 3.05) is 26.8 Å². The van der Waals surface area contributed by atoms with Crippen LogP contribution in [0.25, 0.3) is 0 Å². The fourth-order valence-corrected chi connectivity index (χ4v) is 3.46. The number of ether oxygens (including phenoxy) is 1. The first kappa shape index (κ1) is 13.9. The Morgan fingerprint density at radius 1 is 1.50 bits per heavy atom. The maximum Gasteiger partial charge on any atom is 0.216 e. The Labute approximate surface area is 98.0 Å². The summed E-state index contributed by atoms with van der Waals surface area (Å²) >= 11 is 0. The lowest BCUT2D eigenvalue weighted by molar-refractivity contribution is 0.157. The van der Waals surface area contributed by atoms with Crippen LogP contribution in [0.15, 0.2) is 0 Å². The number of hydrogen-bond acceptors (Lipinski definition) is 4. The van der Waals surface area contributed by atoms with Crippen LogP contribution in [-0.2, 0) is 14.8 Å². The highest BCUT2D eigenvalue weighted by Gasteiger charge is 2.31. The van der Waals surface area contributed by atoms with Crippen molar-refractivity contribution in [1.29, 1.82) is 0 Å². The number of nitrogens with one attached hydrogen (secondary N) is 2. The zero-order valence-corrected chi connectivity index (χ0v) is 11.0. The third-order valence-corrected chi connectivity index (χ3v) is 4.83. The van der Waals surface area contributed by atoms with Gasteiger partial charge >= 0.3 is 0 Å². The fraction of sp³-hybridized carbons (Fsp3) is 1.00. The molecule has 0 aromatic rings. The largest absolute Gasteiger partial charge is 0.383 e. The first-order valence-electron chi connectivity index (χ1n) is 5.68. The molecular weight excluding hydrogens is 228 g/mol. The van der Waals surface area contributed by atoms with Crippen LogP contribution < -0.4 is 10.0 Å². The van der Waals surface area contributed by atoms with Gasteiger partial charge in [0.25, 0.3) is 0 Å². The molecule has 0 saturated carbocycles. The first-order valence-corrected chi connectivity index (χ1v) is 7.22. The number of hydrogen-bond donors (Lipinski definition) is 2. The topological polar surface area (TPSA) is 67.4 Å². The van der Waals surface area contributed by atoms with Gasteiger partial charge in [0.05, 0.1) is 11.9 Å². The third kappa shape index (κ3) is 3.69. The van der Waals surface area contributed by atoms with E-state index in [2.05, 4.69) is 10.0 Å². The van der Waals surface area contributed by atoms with Gasteiger partial charge in [0.15, 0.2) is 0 Å². The Bertz CT molecular complexity index is 297. The molecule has 2 atom stereocenters. The van der Waals surface area contributed by atoms with Crippen molar-refractivity contribution in [3.63, 3.8) is 0 Å². The van der Waals surface area contributed by atoms with Crippen LogP contribution in [0.2, 0.25) is 0 Å². The normalized spacial score (nSPS) is 23.9. The van der Waals surface area contributed by atoms with E-state index in [0.717, 1.165) is 6.54 Å². The van der Waals surface area contributed by atoms with E-state index in [1.807, 2.05) is 13.8 Å². The van der Waals surface area contributed by atoms with Gasteiger partial charge in [-0.15, -0.1) is 0 Å². The van der Waals surface area contributed by atoms with E-state index in [-0.39, 0.29) is 17.2 Å². The number of sulfonamides is 1. The summed E-state index contributed by atoms with van der Waals surface area (Å²) in [5, 5.41) is 2.76. The summed E-state index contributed by atoms with van der Waals surface area (Å²) in [7, 11) is -1.63. The predicted octanol–water partition coefficient (Wildman–Crippen LogP) is -0.0613. The molecule has 0 spiro atoms. The lowest BCUT2D eigenvalue weighted by Gasteiger charge is -2.23. The van der Waals surface area contributed by atoms with E-state index >= 15 is 0 Å². The van der Waals surface area contributed by atoms with Gasteiger partial charge in [0.2, 0.25) is 10.0 Å². The Balaban J connectivity index is 2.61. The molecule has 0 aliphatic carbocycles. The number of methoxy groups -OCH3 is 1. The van der Waals surface area contributed by atoms with E-state index in [1.165, 1.54) is 0 Å². The second-order valence-corrected chi connectivity index (χ2v) is 6.58. The molecular formula is C10H22N2O3S. The number of rotatable bonds is 6.